The van der Waals surface area contributed by atoms with Gasteiger partial charge in [-0.2, -0.15) is 5.10 Å². The first-order valence-corrected chi connectivity index (χ1v) is 9.57. The molecule has 0 saturated carbocycles. The molecule has 1 unspecified atom stereocenters. The quantitative estimate of drug-likeness (QED) is 0.779. The summed E-state index contributed by atoms with van der Waals surface area (Å²) in [7, 11) is -2.94. The second kappa shape index (κ2) is 5.55. The van der Waals surface area contributed by atoms with E-state index in [4.69, 9.17) is 0 Å². The van der Waals surface area contributed by atoms with Crippen LogP contribution in [-0.2, 0) is 9.84 Å². The predicted molar refractivity (Wildman–Crippen MR) is 92.1 cm³/mol. The van der Waals surface area contributed by atoms with Crippen molar-refractivity contribution in [1.82, 2.24) is 19.7 Å². The number of aryl methyl sites for hydroxylation is 1. The van der Waals surface area contributed by atoms with Gasteiger partial charge in [0.15, 0.2) is 15.5 Å². The van der Waals surface area contributed by atoms with E-state index in [1.807, 2.05) is 31.2 Å². The highest BCUT2D eigenvalue weighted by Crippen LogP contribution is 2.25. The smallest absolute Gasteiger partial charge is 0.168 e. The summed E-state index contributed by atoms with van der Waals surface area (Å²) in [4.78, 5) is 8.63. The van der Waals surface area contributed by atoms with Gasteiger partial charge in [0.05, 0.1) is 28.8 Å². The fourth-order valence-electron chi connectivity index (χ4n) is 3.04. The molecule has 0 radical (unpaired) electrons. The van der Waals surface area contributed by atoms with Gasteiger partial charge in [-0.3, -0.25) is 0 Å². The molecule has 0 aliphatic carbocycles. The Morgan fingerprint density at radius 1 is 1.25 bits per heavy atom. The number of nitrogens with zero attached hydrogens (tertiary/aromatic N) is 4. The molecular formula is C16H17N5O2S. The summed E-state index contributed by atoms with van der Waals surface area (Å²) >= 11 is 0. The van der Waals surface area contributed by atoms with Gasteiger partial charge >= 0.3 is 0 Å². The van der Waals surface area contributed by atoms with E-state index in [9.17, 15) is 8.42 Å². The molecule has 1 aromatic carbocycles. The lowest BCUT2D eigenvalue weighted by Crippen LogP contribution is -2.21. The zero-order chi connectivity index (χ0) is 16.7. The third-order valence-corrected chi connectivity index (χ3v) is 6.05. The van der Waals surface area contributed by atoms with Gasteiger partial charge < -0.3 is 5.32 Å². The van der Waals surface area contributed by atoms with Crippen molar-refractivity contribution in [2.75, 3.05) is 16.8 Å². The Bertz CT molecular complexity index is 1010. The molecule has 4 rings (SSSR count). The minimum absolute atomic E-state index is 0.116. The van der Waals surface area contributed by atoms with E-state index in [1.54, 1.807) is 10.9 Å². The fraction of sp³-hybridized carbons (Fsp3) is 0.312. The van der Waals surface area contributed by atoms with Crippen molar-refractivity contribution in [3.63, 3.8) is 0 Å². The van der Waals surface area contributed by atoms with Crippen molar-refractivity contribution in [1.29, 1.82) is 0 Å². The van der Waals surface area contributed by atoms with Crippen LogP contribution in [-0.4, -0.2) is 45.7 Å². The van der Waals surface area contributed by atoms with Crippen molar-refractivity contribution in [2.24, 2.45) is 0 Å². The lowest BCUT2D eigenvalue weighted by atomic mass is 10.2. The summed E-state index contributed by atoms with van der Waals surface area (Å²) in [6, 6.07) is 7.83. The number of nitrogens with one attached hydrogen (secondary N) is 1. The van der Waals surface area contributed by atoms with E-state index in [0.717, 1.165) is 16.6 Å². The minimum atomic E-state index is -2.94. The van der Waals surface area contributed by atoms with Gasteiger partial charge in [0.2, 0.25) is 0 Å². The molecular weight excluding hydrogens is 326 g/mol. The van der Waals surface area contributed by atoms with Crippen LogP contribution in [0, 0.1) is 6.92 Å². The van der Waals surface area contributed by atoms with Crippen LogP contribution in [0.15, 0.2) is 36.8 Å². The molecule has 2 aromatic heterocycles. The summed E-state index contributed by atoms with van der Waals surface area (Å²) < 4.78 is 25.0. The van der Waals surface area contributed by atoms with Gasteiger partial charge in [-0.05, 0) is 25.0 Å². The van der Waals surface area contributed by atoms with Gasteiger partial charge in [-0.15, -0.1) is 0 Å². The number of fused-ring (bicyclic) bond motifs is 1. The summed E-state index contributed by atoms with van der Waals surface area (Å²) in [6.07, 6.45) is 3.79. The zero-order valence-corrected chi connectivity index (χ0v) is 14.0. The van der Waals surface area contributed by atoms with E-state index < -0.39 is 9.84 Å². The normalized spacial score (nSPS) is 19.6. The number of rotatable bonds is 3. The number of hydrogen-bond acceptors (Lipinski definition) is 6. The third-order valence-electron chi connectivity index (χ3n) is 4.28. The van der Waals surface area contributed by atoms with Crippen LogP contribution in [0.25, 0.3) is 16.7 Å². The standard InChI is InChI=1S/C16H17N5O2S/c1-11-4-2-3-5-14(11)21-16-13(8-19-21)15(17-10-18-16)20-12-6-7-24(22,23)9-12/h2-5,8,10,12H,6-7,9H2,1H3,(H,17,18,20). The maximum absolute atomic E-state index is 11.6. The lowest BCUT2D eigenvalue weighted by Gasteiger charge is -2.12. The molecule has 8 heteroatoms. The Morgan fingerprint density at radius 2 is 2.08 bits per heavy atom. The zero-order valence-electron chi connectivity index (χ0n) is 13.2. The predicted octanol–water partition coefficient (Wildman–Crippen LogP) is 1.72. The van der Waals surface area contributed by atoms with Gasteiger partial charge in [0.1, 0.15) is 12.1 Å². The van der Waals surface area contributed by atoms with Gasteiger partial charge in [0, 0.05) is 6.04 Å². The Morgan fingerprint density at radius 3 is 2.83 bits per heavy atom. The Kier molecular flexibility index (Phi) is 3.49. The molecule has 0 amide bonds. The summed E-state index contributed by atoms with van der Waals surface area (Å²) in [5.41, 5.74) is 2.75. The average Bonchev–Trinajstić information content (AvgIpc) is 3.12. The fourth-order valence-corrected chi connectivity index (χ4v) is 4.71. The lowest BCUT2D eigenvalue weighted by molar-refractivity contribution is 0.602. The molecule has 1 saturated heterocycles. The molecule has 1 aliphatic rings. The van der Waals surface area contributed by atoms with Gasteiger partial charge in [0.25, 0.3) is 0 Å². The van der Waals surface area contributed by atoms with E-state index in [1.165, 1.54) is 6.33 Å². The molecule has 124 valence electrons. The first kappa shape index (κ1) is 15.1. The maximum Gasteiger partial charge on any atom is 0.168 e. The number of benzene rings is 1. The van der Waals surface area contributed by atoms with Crippen LogP contribution in [0.2, 0.25) is 0 Å². The molecule has 3 aromatic rings. The average molecular weight is 343 g/mol. The Balaban J connectivity index is 1.73. The summed E-state index contributed by atoms with van der Waals surface area (Å²) in [5, 5.41) is 8.46. The van der Waals surface area contributed by atoms with Crippen molar-refractivity contribution >= 4 is 26.7 Å². The Hall–Kier alpha value is -2.48. The Labute approximate surface area is 139 Å². The molecule has 1 N–H and O–H groups in total. The van der Waals surface area contributed by atoms with Crippen molar-refractivity contribution in [2.45, 2.75) is 19.4 Å². The van der Waals surface area contributed by atoms with E-state index >= 15 is 0 Å². The van der Waals surface area contributed by atoms with Crippen LogP contribution < -0.4 is 5.32 Å². The molecule has 1 fully saturated rings. The minimum Gasteiger partial charge on any atom is -0.366 e. The second-order valence-corrected chi connectivity index (χ2v) is 8.28. The topological polar surface area (TPSA) is 89.8 Å². The molecule has 0 spiro atoms. The molecule has 24 heavy (non-hydrogen) atoms. The first-order valence-electron chi connectivity index (χ1n) is 7.75. The number of aromatic nitrogens is 4. The maximum atomic E-state index is 11.6. The monoisotopic (exact) mass is 343 g/mol. The van der Waals surface area contributed by atoms with Crippen LogP contribution >= 0.6 is 0 Å². The molecule has 1 aliphatic heterocycles. The highest BCUT2D eigenvalue weighted by Gasteiger charge is 2.28. The number of sulfone groups is 1. The first-order chi connectivity index (χ1) is 11.5. The second-order valence-electron chi connectivity index (χ2n) is 6.05. The largest absolute Gasteiger partial charge is 0.366 e. The van der Waals surface area contributed by atoms with E-state index in [0.29, 0.717) is 17.9 Å². The SMILES string of the molecule is Cc1ccccc1-n1ncc2c(NC3CCS(=O)(=O)C3)ncnc21. The number of para-hydroxylation sites is 1. The highest BCUT2D eigenvalue weighted by molar-refractivity contribution is 7.91. The molecule has 0 bridgehead atoms. The summed E-state index contributed by atoms with van der Waals surface area (Å²) in [5.74, 6) is 0.994. The van der Waals surface area contributed by atoms with Crippen molar-refractivity contribution in [3.05, 3.63) is 42.4 Å². The summed E-state index contributed by atoms with van der Waals surface area (Å²) in [6.45, 7) is 2.02. The van der Waals surface area contributed by atoms with Crippen LogP contribution in [0.3, 0.4) is 0 Å². The number of anilines is 1. The molecule has 3 heterocycles. The van der Waals surface area contributed by atoms with Crippen LogP contribution in [0.5, 0.6) is 0 Å². The van der Waals surface area contributed by atoms with Crippen molar-refractivity contribution in [3.8, 4) is 5.69 Å². The number of hydrogen-bond donors (Lipinski definition) is 1. The highest BCUT2D eigenvalue weighted by atomic mass is 32.2. The van der Waals surface area contributed by atoms with Crippen molar-refractivity contribution < 1.29 is 8.42 Å². The molecule has 7 nitrogen and oxygen atoms in total. The van der Waals surface area contributed by atoms with Gasteiger partial charge in [-0.1, -0.05) is 18.2 Å². The van der Waals surface area contributed by atoms with Crippen LogP contribution in [0.1, 0.15) is 12.0 Å². The van der Waals surface area contributed by atoms with E-state index in [2.05, 4.69) is 20.4 Å². The van der Waals surface area contributed by atoms with Crippen LogP contribution in [0.4, 0.5) is 5.82 Å². The molecule has 1 atom stereocenters. The van der Waals surface area contributed by atoms with Gasteiger partial charge in [-0.25, -0.2) is 23.1 Å². The third kappa shape index (κ3) is 2.62. The van der Waals surface area contributed by atoms with E-state index in [-0.39, 0.29) is 17.5 Å².